The molecule has 2 heterocycles. The lowest BCUT2D eigenvalue weighted by atomic mass is 9.90. The summed E-state index contributed by atoms with van der Waals surface area (Å²) in [6.45, 7) is 2.16. The number of hydrogen-bond donors (Lipinski definition) is 5. The minimum atomic E-state index is -0.474. The molecule has 9 heteroatoms. The fourth-order valence-corrected chi connectivity index (χ4v) is 5.97. The number of nitrogens with two attached hydrogens (primary N) is 2. The Kier molecular flexibility index (Phi) is 9.18. The molecule has 9 nitrogen and oxygen atoms in total. The first-order valence-corrected chi connectivity index (χ1v) is 14.5. The summed E-state index contributed by atoms with van der Waals surface area (Å²) < 4.78 is 1.97. The van der Waals surface area contributed by atoms with Crippen LogP contribution in [-0.4, -0.2) is 59.0 Å². The minimum absolute atomic E-state index is 0.0304. The third kappa shape index (κ3) is 6.80. The number of nitrogens with zero attached hydrogens (tertiary/aromatic N) is 2. The van der Waals surface area contributed by atoms with Crippen molar-refractivity contribution in [3.8, 4) is 0 Å². The Hall–Kier alpha value is -4.63. The van der Waals surface area contributed by atoms with E-state index in [1.54, 1.807) is 0 Å². The summed E-state index contributed by atoms with van der Waals surface area (Å²) in [4.78, 5) is 28.5. The number of guanidine groups is 1. The van der Waals surface area contributed by atoms with Gasteiger partial charge in [0, 0.05) is 49.0 Å². The molecular weight excluding hydrogens is 526 g/mol. The second-order valence-electron chi connectivity index (χ2n) is 10.9. The van der Waals surface area contributed by atoms with Gasteiger partial charge in [-0.2, -0.15) is 0 Å². The summed E-state index contributed by atoms with van der Waals surface area (Å²) in [6.07, 6.45) is 1.97. The standard InChI is InChI=1S/C33H39N7O2/c34-31(41)30-20-25-14-7-8-16-29(25)40(30)21-26-17-19-39(32(42)28(38-26)15-9-18-37-33(35)36)22-27(23-10-3-1-4-11-23)24-12-5-2-6-13-24/h1-8,10-14,16,20,26-28,38H,9,15,17-19,21-22H2,(H2,34,41)(H4,35,36,37)/t26-,28-/m0/s1. The number of rotatable bonds is 11. The fraction of sp³-hybridized carbons (Fsp3) is 0.303. The van der Waals surface area contributed by atoms with Gasteiger partial charge in [0.15, 0.2) is 5.96 Å². The molecule has 4 aromatic rings. The van der Waals surface area contributed by atoms with Gasteiger partial charge in [0.25, 0.3) is 5.91 Å². The van der Waals surface area contributed by atoms with Crippen LogP contribution < -0.4 is 22.1 Å². The summed E-state index contributed by atoms with van der Waals surface area (Å²) in [6, 6.07) is 29.9. The second-order valence-corrected chi connectivity index (χ2v) is 10.9. The molecule has 0 bridgehead atoms. The number of aromatic nitrogens is 1. The predicted molar refractivity (Wildman–Crippen MR) is 166 cm³/mol. The number of primary amides is 1. The van der Waals surface area contributed by atoms with Crippen molar-refractivity contribution in [1.29, 1.82) is 5.41 Å². The van der Waals surface area contributed by atoms with Crippen LogP contribution in [0.2, 0.25) is 0 Å². The van der Waals surface area contributed by atoms with Gasteiger partial charge < -0.3 is 31.6 Å². The summed E-state index contributed by atoms with van der Waals surface area (Å²) in [5.41, 5.74) is 15.0. The van der Waals surface area contributed by atoms with E-state index in [-0.39, 0.29) is 23.8 Å². The van der Waals surface area contributed by atoms with Gasteiger partial charge in [0.1, 0.15) is 5.69 Å². The zero-order chi connectivity index (χ0) is 29.5. The van der Waals surface area contributed by atoms with Crippen molar-refractivity contribution in [2.75, 3.05) is 19.6 Å². The number of carbonyl (C=O) groups is 2. The van der Waals surface area contributed by atoms with E-state index in [1.807, 2.05) is 76.2 Å². The van der Waals surface area contributed by atoms with Gasteiger partial charge in [-0.1, -0.05) is 78.9 Å². The van der Waals surface area contributed by atoms with Gasteiger partial charge in [-0.15, -0.1) is 0 Å². The van der Waals surface area contributed by atoms with Crippen molar-refractivity contribution >= 4 is 28.7 Å². The lowest BCUT2D eigenvalue weighted by molar-refractivity contribution is -0.133. The highest BCUT2D eigenvalue weighted by atomic mass is 16.2. The van der Waals surface area contributed by atoms with Gasteiger partial charge in [-0.25, -0.2) is 0 Å². The molecule has 5 rings (SSSR count). The zero-order valence-corrected chi connectivity index (χ0v) is 23.7. The Bertz CT molecular complexity index is 1480. The Morgan fingerprint density at radius 2 is 1.62 bits per heavy atom. The van der Waals surface area contributed by atoms with Crippen LogP contribution in [0.3, 0.4) is 0 Å². The van der Waals surface area contributed by atoms with Crippen molar-refractivity contribution in [2.24, 2.45) is 11.5 Å². The third-order valence-electron chi connectivity index (χ3n) is 8.05. The lowest BCUT2D eigenvalue weighted by Gasteiger charge is -2.29. The second kappa shape index (κ2) is 13.4. The molecule has 3 aromatic carbocycles. The van der Waals surface area contributed by atoms with E-state index >= 15 is 0 Å². The molecule has 218 valence electrons. The van der Waals surface area contributed by atoms with Crippen molar-refractivity contribution < 1.29 is 9.59 Å². The first-order chi connectivity index (χ1) is 20.4. The van der Waals surface area contributed by atoms with Crippen molar-refractivity contribution in [3.63, 3.8) is 0 Å². The van der Waals surface area contributed by atoms with Crippen LogP contribution in [0.15, 0.2) is 91.0 Å². The Balaban J connectivity index is 1.42. The third-order valence-corrected chi connectivity index (χ3v) is 8.05. The van der Waals surface area contributed by atoms with E-state index in [0.717, 1.165) is 28.5 Å². The fourth-order valence-electron chi connectivity index (χ4n) is 5.97. The molecule has 1 aliphatic heterocycles. The number of carbonyl (C=O) groups excluding carboxylic acids is 2. The molecule has 0 saturated carbocycles. The molecule has 7 N–H and O–H groups in total. The predicted octanol–water partition coefficient (Wildman–Crippen LogP) is 3.39. The zero-order valence-electron chi connectivity index (χ0n) is 23.7. The number of amides is 2. The quantitative estimate of drug-likeness (QED) is 0.108. The molecule has 0 radical (unpaired) electrons. The number of para-hydroxylation sites is 1. The SMILES string of the molecule is N=C(N)NCCC[C@@H]1N[C@H](Cn2c(C(N)=O)cc3ccccc32)CCN(CC(c2ccccc2)c2ccccc2)C1=O. The Labute approximate surface area is 246 Å². The topological polar surface area (TPSA) is 142 Å². The lowest BCUT2D eigenvalue weighted by Crippen LogP contribution is -2.48. The van der Waals surface area contributed by atoms with E-state index in [1.165, 1.54) is 0 Å². The highest BCUT2D eigenvalue weighted by molar-refractivity contribution is 5.97. The number of fused-ring (bicyclic) bond motifs is 1. The molecule has 1 fully saturated rings. The van der Waals surface area contributed by atoms with Gasteiger partial charge in [0.05, 0.1) is 6.04 Å². The smallest absolute Gasteiger partial charge is 0.265 e. The Morgan fingerprint density at radius 1 is 0.976 bits per heavy atom. The molecule has 1 aromatic heterocycles. The van der Waals surface area contributed by atoms with Gasteiger partial charge in [0.2, 0.25) is 5.91 Å². The molecule has 0 spiro atoms. The van der Waals surface area contributed by atoms with E-state index in [4.69, 9.17) is 16.9 Å². The van der Waals surface area contributed by atoms with E-state index in [0.29, 0.717) is 44.7 Å². The molecule has 0 unspecified atom stereocenters. The van der Waals surface area contributed by atoms with E-state index < -0.39 is 11.9 Å². The highest BCUT2D eigenvalue weighted by Gasteiger charge is 2.33. The monoisotopic (exact) mass is 565 g/mol. The molecule has 42 heavy (non-hydrogen) atoms. The van der Waals surface area contributed by atoms with Crippen LogP contribution in [0.4, 0.5) is 0 Å². The number of nitrogens with one attached hydrogen (secondary N) is 3. The van der Waals surface area contributed by atoms with E-state index in [2.05, 4.69) is 34.9 Å². The average molecular weight is 566 g/mol. The largest absolute Gasteiger partial charge is 0.370 e. The molecule has 1 saturated heterocycles. The minimum Gasteiger partial charge on any atom is -0.370 e. The Morgan fingerprint density at radius 3 is 2.26 bits per heavy atom. The molecular formula is C33H39N7O2. The summed E-state index contributed by atoms with van der Waals surface area (Å²) in [5.74, 6) is -0.466. The molecule has 2 amide bonds. The summed E-state index contributed by atoms with van der Waals surface area (Å²) in [5, 5.41) is 14.9. The van der Waals surface area contributed by atoms with Crippen molar-refractivity contribution in [3.05, 3.63) is 108 Å². The average Bonchev–Trinajstić information content (AvgIpc) is 3.30. The van der Waals surface area contributed by atoms with Gasteiger partial charge in [-0.05, 0) is 42.5 Å². The van der Waals surface area contributed by atoms with Crippen LogP contribution in [0.5, 0.6) is 0 Å². The first-order valence-electron chi connectivity index (χ1n) is 14.5. The maximum Gasteiger partial charge on any atom is 0.265 e. The molecule has 0 aliphatic carbocycles. The van der Waals surface area contributed by atoms with Crippen LogP contribution in [-0.2, 0) is 11.3 Å². The molecule has 1 aliphatic rings. The van der Waals surface area contributed by atoms with Gasteiger partial charge >= 0.3 is 0 Å². The van der Waals surface area contributed by atoms with Crippen LogP contribution in [0.1, 0.15) is 46.8 Å². The maximum absolute atomic E-state index is 14.1. The van der Waals surface area contributed by atoms with E-state index in [9.17, 15) is 9.59 Å². The summed E-state index contributed by atoms with van der Waals surface area (Å²) in [7, 11) is 0. The molecule has 2 atom stereocenters. The first kappa shape index (κ1) is 28.9. The van der Waals surface area contributed by atoms with Crippen molar-refractivity contribution in [2.45, 2.75) is 43.8 Å². The van der Waals surface area contributed by atoms with Crippen LogP contribution >= 0.6 is 0 Å². The highest BCUT2D eigenvalue weighted by Crippen LogP contribution is 2.28. The summed E-state index contributed by atoms with van der Waals surface area (Å²) >= 11 is 0. The number of hydrogen-bond acceptors (Lipinski definition) is 4. The van der Waals surface area contributed by atoms with Crippen LogP contribution in [0.25, 0.3) is 10.9 Å². The number of benzene rings is 3. The van der Waals surface area contributed by atoms with Gasteiger partial charge in [-0.3, -0.25) is 15.0 Å². The normalized spacial score (nSPS) is 17.4. The van der Waals surface area contributed by atoms with Crippen molar-refractivity contribution in [1.82, 2.24) is 20.1 Å². The maximum atomic E-state index is 14.1. The van der Waals surface area contributed by atoms with Crippen LogP contribution in [0, 0.1) is 5.41 Å².